The van der Waals surface area contributed by atoms with E-state index < -0.39 is 23.9 Å². The minimum absolute atomic E-state index is 0.00800. The van der Waals surface area contributed by atoms with E-state index in [4.69, 9.17) is 27.9 Å². The summed E-state index contributed by atoms with van der Waals surface area (Å²) >= 11 is 13.4. The summed E-state index contributed by atoms with van der Waals surface area (Å²) in [7, 11) is 1.44. The lowest BCUT2D eigenvalue weighted by Gasteiger charge is -2.23. The number of carbonyl (C=O) groups is 3. The highest BCUT2D eigenvalue weighted by Gasteiger charge is 2.27. The highest BCUT2D eigenvalue weighted by Crippen LogP contribution is 2.20. The molecule has 0 spiro atoms. The average molecular weight is 464 g/mol. The molecule has 1 aromatic carbocycles. The summed E-state index contributed by atoms with van der Waals surface area (Å²) in [6.07, 6.45) is 2.56. The second kappa shape index (κ2) is 13.0. The number of nitrogens with one attached hydrogen (secondary N) is 3. The first-order valence-corrected chi connectivity index (χ1v) is 11.2. The number of carbonyl (C=O) groups excluding carboxylic acids is 3. The van der Waals surface area contributed by atoms with Crippen molar-refractivity contribution in [3.05, 3.63) is 33.8 Å². The van der Waals surface area contributed by atoms with Gasteiger partial charge >= 0.3 is 0 Å². The highest BCUT2D eigenvalue weighted by molar-refractivity contribution is 7.98. The Labute approximate surface area is 185 Å². The third-order valence-electron chi connectivity index (χ3n) is 4.10. The average Bonchev–Trinajstić information content (AvgIpc) is 2.68. The van der Waals surface area contributed by atoms with Crippen LogP contribution < -0.4 is 16.0 Å². The normalized spacial score (nSPS) is 13.9. The van der Waals surface area contributed by atoms with E-state index in [1.807, 2.05) is 13.8 Å². The summed E-state index contributed by atoms with van der Waals surface area (Å²) in [4.78, 5) is 37.8. The van der Waals surface area contributed by atoms with Gasteiger partial charge in [-0.15, -0.1) is 0 Å². The van der Waals surface area contributed by atoms with Crippen molar-refractivity contribution in [2.45, 2.75) is 38.4 Å². The molecule has 0 aliphatic carbocycles. The molecule has 0 aliphatic rings. The number of hydrogen-bond donors (Lipinski definition) is 3. The van der Waals surface area contributed by atoms with Gasteiger partial charge in [-0.05, 0) is 37.8 Å². The second-order valence-corrected chi connectivity index (χ2v) is 8.19. The number of rotatable bonds is 11. The van der Waals surface area contributed by atoms with E-state index in [0.717, 1.165) is 6.42 Å². The lowest BCUT2D eigenvalue weighted by atomic mass is 10.1. The van der Waals surface area contributed by atoms with Gasteiger partial charge in [-0.2, -0.15) is 11.8 Å². The van der Waals surface area contributed by atoms with Crippen LogP contribution in [0.25, 0.3) is 0 Å². The largest absolute Gasteiger partial charge is 0.382 e. The minimum Gasteiger partial charge on any atom is -0.382 e. The van der Waals surface area contributed by atoms with Crippen LogP contribution in [-0.4, -0.2) is 61.6 Å². The van der Waals surface area contributed by atoms with Crippen LogP contribution in [0, 0.1) is 0 Å². The number of ether oxygens (including phenoxy) is 1. The Morgan fingerprint density at radius 1 is 1.10 bits per heavy atom. The Bertz CT molecular complexity index is 721. The van der Waals surface area contributed by atoms with Crippen LogP contribution in [0.15, 0.2) is 18.2 Å². The van der Waals surface area contributed by atoms with Crippen molar-refractivity contribution >= 4 is 52.7 Å². The molecule has 10 heteroatoms. The molecule has 0 aliphatic heterocycles. The number of benzene rings is 1. The topological polar surface area (TPSA) is 96.5 Å². The second-order valence-electron chi connectivity index (χ2n) is 6.44. The van der Waals surface area contributed by atoms with Crippen molar-refractivity contribution in [1.82, 2.24) is 16.0 Å². The Kier molecular flexibility index (Phi) is 11.4. The molecule has 29 heavy (non-hydrogen) atoms. The first kappa shape index (κ1) is 25.6. The Hall–Kier alpha value is -1.48. The summed E-state index contributed by atoms with van der Waals surface area (Å²) in [5.74, 6) is -1.06. The van der Waals surface area contributed by atoms with Crippen molar-refractivity contribution in [2.75, 3.05) is 25.7 Å². The van der Waals surface area contributed by atoms with Gasteiger partial charge < -0.3 is 20.7 Å². The van der Waals surface area contributed by atoms with Crippen LogP contribution >= 0.6 is 35.0 Å². The van der Waals surface area contributed by atoms with Gasteiger partial charge in [0.15, 0.2) is 0 Å². The van der Waals surface area contributed by atoms with Crippen molar-refractivity contribution in [2.24, 2.45) is 0 Å². The summed E-state index contributed by atoms with van der Waals surface area (Å²) in [6.45, 7) is 3.82. The van der Waals surface area contributed by atoms with Gasteiger partial charge in [-0.1, -0.05) is 30.1 Å². The summed E-state index contributed by atoms with van der Waals surface area (Å²) < 4.78 is 5.06. The molecular weight excluding hydrogens is 437 g/mol. The number of halogens is 2. The molecule has 162 valence electrons. The first-order valence-electron chi connectivity index (χ1n) is 9.07. The fourth-order valence-corrected chi connectivity index (χ4v) is 3.27. The Morgan fingerprint density at radius 2 is 1.76 bits per heavy atom. The molecule has 7 nitrogen and oxygen atoms in total. The highest BCUT2D eigenvalue weighted by atomic mass is 35.5. The molecule has 0 unspecified atom stereocenters. The number of hydrogen-bond acceptors (Lipinski definition) is 5. The van der Waals surface area contributed by atoms with Gasteiger partial charge in [0.1, 0.15) is 12.1 Å². The molecule has 3 atom stereocenters. The number of thioether (sulfide) groups is 1. The number of amides is 3. The van der Waals surface area contributed by atoms with Crippen LogP contribution in [0.1, 0.15) is 30.6 Å². The molecule has 0 aromatic heterocycles. The van der Waals surface area contributed by atoms with Gasteiger partial charge in [0.25, 0.3) is 5.91 Å². The van der Waals surface area contributed by atoms with Gasteiger partial charge in [0.2, 0.25) is 11.8 Å². The maximum absolute atomic E-state index is 12.8. The SMILES string of the molecule is CC[C@@H](C)NC(=O)[C@H](COC)NC(=O)[C@@H](CSC)NC(=O)c1cc(Cl)ccc1Cl. The van der Waals surface area contributed by atoms with E-state index in [1.54, 1.807) is 12.3 Å². The van der Waals surface area contributed by atoms with Gasteiger partial charge in [0, 0.05) is 23.9 Å². The molecule has 0 fully saturated rings. The molecule has 0 saturated carbocycles. The van der Waals surface area contributed by atoms with Crippen LogP contribution in [0.5, 0.6) is 0 Å². The summed E-state index contributed by atoms with van der Waals surface area (Å²) in [5, 5.41) is 8.69. The zero-order chi connectivity index (χ0) is 22.0. The van der Waals surface area contributed by atoms with Crippen LogP contribution in [0.3, 0.4) is 0 Å². The predicted octanol–water partition coefficient (Wildman–Crippen LogP) is 2.50. The predicted molar refractivity (Wildman–Crippen MR) is 118 cm³/mol. The maximum atomic E-state index is 12.8. The number of methoxy groups -OCH3 is 1. The van der Waals surface area contributed by atoms with E-state index in [9.17, 15) is 14.4 Å². The third kappa shape index (κ3) is 8.42. The van der Waals surface area contributed by atoms with Crippen molar-refractivity contribution in [1.29, 1.82) is 0 Å². The molecule has 0 heterocycles. The van der Waals surface area contributed by atoms with E-state index in [2.05, 4.69) is 16.0 Å². The lowest BCUT2D eigenvalue weighted by Crippen LogP contribution is -2.56. The van der Waals surface area contributed by atoms with Gasteiger partial charge in [0.05, 0.1) is 17.2 Å². The van der Waals surface area contributed by atoms with Gasteiger partial charge in [-0.25, -0.2) is 0 Å². The Morgan fingerprint density at radius 3 is 2.34 bits per heavy atom. The van der Waals surface area contributed by atoms with Crippen molar-refractivity contribution in [3.63, 3.8) is 0 Å². The molecule has 0 saturated heterocycles. The van der Waals surface area contributed by atoms with Crippen LogP contribution in [-0.2, 0) is 14.3 Å². The molecule has 0 bridgehead atoms. The lowest BCUT2D eigenvalue weighted by molar-refractivity contribution is -0.131. The molecule has 1 rings (SSSR count). The third-order valence-corrected chi connectivity index (χ3v) is 5.33. The smallest absolute Gasteiger partial charge is 0.253 e. The monoisotopic (exact) mass is 463 g/mol. The molecule has 3 amide bonds. The fourth-order valence-electron chi connectivity index (χ4n) is 2.32. The molecule has 3 N–H and O–H groups in total. The fraction of sp³-hybridized carbons (Fsp3) is 0.526. The van der Waals surface area contributed by atoms with Crippen LogP contribution in [0.2, 0.25) is 10.0 Å². The molecular formula is C19H27Cl2N3O4S. The van der Waals surface area contributed by atoms with E-state index in [-0.39, 0.29) is 29.1 Å². The minimum atomic E-state index is -0.877. The van der Waals surface area contributed by atoms with Crippen molar-refractivity contribution in [3.8, 4) is 0 Å². The molecule has 1 aromatic rings. The van der Waals surface area contributed by atoms with E-state index in [0.29, 0.717) is 10.8 Å². The maximum Gasteiger partial charge on any atom is 0.253 e. The first-order chi connectivity index (χ1) is 13.7. The van der Waals surface area contributed by atoms with Gasteiger partial charge in [-0.3, -0.25) is 14.4 Å². The van der Waals surface area contributed by atoms with E-state index >= 15 is 0 Å². The summed E-state index contributed by atoms with van der Waals surface area (Å²) in [5.41, 5.74) is 0.168. The zero-order valence-electron chi connectivity index (χ0n) is 16.9. The molecule has 0 radical (unpaired) electrons. The zero-order valence-corrected chi connectivity index (χ0v) is 19.2. The van der Waals surface area contributed by atoms with Crippen LogP contribution in [0.4, 0.5) is 0 Å². The van der Waals surface area contributed by atoms with E-state index in [1.165, 1.54) is 31.0 Å². The standard InChI is InChI=1S/C19H27Cl2N3O4S/c1-5-11(2)22-18(26)15(9-28-3)23-19(27)16(10-29-4)24-17(25)13-8-12(20)6-7-14(13)21/h6-8,11,15-16H,5,9-10H2,1-4H3,(H,22,26)(H,23,27)(H,24,25)/t11-,15+,16-/m1/s1. The summed E-state index contributed by atoms with van der Waals surface area (Å²) in [6, 6.07) is 2.72. The Balaban J connectivity index is 2.89. The van der Waals surface area contributed by atoms with Crippen molar-refractivity contribution < 1.29 is 19.1 Å². The quantitative estimate of drug-likeness (QED) is 0.468.